The largest absolute Gasteiger partial charge is 0.326 e. The summed E-state index contributed by atoms with van der Waals surface area (Å²) >= 11 is 0. The number of amides is 1. The lowest BCUT2D eigenvalue weighted by Crippen LogP contribution is -2.31. The smallest absolute Gasteiger partial charge is 0.243 e. The molecule has 3 rings (SSSR count). The van der Waals surface area contributed by atoms with Gasteiger partial charge in [-0.3, -0.25) is 9.10 Å². The van der Waals surface area contributed by atoms with E-state index in [9.17, 15) is 21.6 Å². The van der Waals surface area contributed by atoms with Crippen molar-refractivity contribution in [3.8, 4) is 0 Å². The molecule has 0 spiro atoms. The lowest BCUT2D eigenvalue weighted by atomic mass is 10.1. The Kier molecular flexibility index (Phi) is 7.81. The maximum Gasteiger partial charge on any atom is 0.243 e. The van der Waals surface area contributed by atoms with Crippen LogP contribution >= 0.6 is 0 Å². The molecular formula is C23H31N3O5S2. The Bertz CT molecular complexity index is 1200. The highest BCUT2D eigenvalue weighted by Gasteiger charge is 2.27. The van der Waals surface area contributed by atoms with E-state index in [1.807, 2.05) is 26.0 Å². The van der Waals surface area contributed by atoms with Crippen molar-refractivity contribution >= 4 is 37.3 Å². The minimum Gasteiger partial charge on any atom is -0.326 e. The molecule has 0 aromatic heterocycles. The van der Waals surface area contributed by atoms with Gasteiger partial charge in [0.15, 0.2) is 0 Å². The molecule has 33 heavy (non-hydrogen) atoms. The highest BCUT2D eigenvalue weighted by molar-refractivity contribution is 7.92. The zero-order chi connectivity index (χ0) is 24.2. The van der Waals surface area contributed by atoms with E-state index in [4.69, 9.17) is 0 Å². The number of sulfonamides is 2. The molecule has 10 heteroatoms. The van der Waals surface area contributed by atoms with Crippen LogP contribution in [0.15, 0.2) is 47.4 Å². The molecule has 0 atom stereocenters. The van der Waals surface area contributed by atoms with Crippen LogP contribution < -0.4 is 9.62 Å². The van der Waals surface area contributed by atoms with Crippen LogP contribution in [-0.2, 0) is 24.8 Å². The summed E-state index contributed by atoms with van der Waals surface area (Å²) in [5.41, 5.74) is 3.14. The predicted molar refractivity (Wildman–Crippen MR) is 130 cm³/mol. The average molecular weight is 494 g/mol. The van der Waals surface area contributed by atoms with Gasteiger partial charge in [-0.1, -0.05) is 6.07 Å². The Morgan fingerprint density at radius 2 is 1.61 bits per heavy atom. The summed E-state index contributed by atoms with van der Waals surface area (Å²) in [5, 5.41) is 2.74. The molecule has 0 unspecified atom stereocenters. The van der Waals surface area contributed by atoms with Crippen molar-refractivity contribution in [1.82, 2.24) is 4.31 Å². The second kappa shape index (κ2) is 10.2. The summed E-state index contributed by atoms with van der Waals surface area (Å²) in [5.74, 6) is -0.265. The number of rotatable bonds is 9. The van der Waals surface area contributed by atoms with E-state index in [1.165, 1.54) is 20.7 Å². The van der Waals surface area contributed by atoms with Gasteiger partial charge in [-0.2, -0.15) is 4.31 Å². The average Bonchev–Trinajstić information content (AvgIpc) is 3.29. The molecule has 2 aromatic carbocycles. The molecule has 0 aliphatic carbocycles. The highest BCUT2D eigenvalue weighted by Crippen LogP contribution is 2.23. The van der Waals surface area contributed by atoms with Crippen molar-refractivity contribution in [2.45, 2.75) is 44.4 Å². The zero-order valence-electron chi connectivity index (χ0n) is 19.2. The molecule has 1 aliphatic rings. The first-order valence-electron chi connectivity index (χ1n) is 10.9. The molecule has 1 N–H and O–H groups in total. The van der Waals surface area contributed by atoms with Crippen LogP contribution in [0.2, 0.25) is 0 Å². The SMILES string of the molecule is Cc1ccc(N(CCCC(=O)Nc2ccc(S(=O)(=O)N3CCCC3)cc2)S(C)(=O)=O)cc1C. The predicted octanol–water partition coefficient (Wildman–Crippen LogP) is 3.27. The number of nitrogens with one attached hydrogen (secondary N) is 1. The quantitative estimate of drug-likeness (QED) is 0.577. The lowest BCUT2D eigenvalue weighted by molar-refractivity contribution is -0.116. The number of nitrogens with zero attached hydrogens (tertiary/aromatic N) is 2. The first-order chi connectivity index (χ1) is 15.5. The molecule has 180 valence electrons. The van der Waals surface area contributed by atoms with Crippen LogP contribution in [-0.4, -0.2) is 52.9 Å². The van der Waals surface area contributed by atoms with Crippen molar-refractivity contribution in [1.29, 1.82) is 0 Å². The van der Waals surface area contributed by atoms with Gasteiger partial charge in [-0.05, 0) is 80.6 Å². The van der Waals surface area contributed by atoms with E-state index >= 15 is 0 Å². The monoisotopic (exact) mass is 493 g/mol. The van der Waals surface area contributed by atoms with Gasteiger partial charge in [0.25, 0.3) is 0 Å². The fourth-order valence-electron chi connectivity index (χ4n) is 3.76. The van der Waals surface area contributed by atoms with Gasteiger partial charge in [-0.25, -0.2) is 16.8 Å². The third kappa shape index (κ3) is 6.33. The summed E-state index contributed by atoms with van der Waals surface area (Å²) in [7, 11) is -6.99. The minimum absolute atomic E-state index is 0.130. The molecule has 1 aliphatic heterocycles. The summed E-state index contributed by atoms with van der Waals surface area (Å²) in [4.78, 5) is 12.6. The van der Waals surface area contributed by atoms with Gasteiger partial charge >= 0.3 is 0 Å². The Morgan fingerprint density at radius 3 is 2.18 bits per heavy atom. The van der Waals surface area contributed by atoms with Crippen LogP contribution in [0, 0.1) is 13.8 Å². The topological polar surface area (TPSA) is 104 Å². The minimum atomic E-state index is -3.50. The van der Waals surface area contributed by atoms with E-state index < -0.39 is 20.0 Å². The lowest BCUT2D eigenvalue weighted by Gasteiger charge is -2.23. The molecule has 8 nitrogen and oxygen atoms in total. The molecule has 1 fully saturated rings. The maximum absolute atomic E-state index is 12.6. The van der Waals surface area contributed by atoms with Crippen molar-refractivity contribution in [2.24, 2.45) is 0 Å². The van der Waals surface area contributed by atoms with Crippen LogP contribution in [0.5, 0.6) is 0 Å². The molecule has 1 amide bonds. The summed E-state index contributed by atoms with van der Waals surface area (Å²) in [6.07, 6.45) is 3.36. The number of aryl methyl sites for hydroxylation is 2. The standard InChI is InChI=1S/C23H31N3O5S2/c1-18-8-11-21(17-19(18)2)26(32(3,28)29)16-6-7-23(27)24-20-9-12-22(13-10-20)33(30,31)25-14-4-5-15-25/h8-13,17H,4-7,14-16H2,1-3H3,(H,24,27). The molecular weight excluding hydrogens is 462 g/mol. The normalized spacial score (nSPS) is 14.9. The van der Waals surface area contributed by atoms with Crippen molar-refractivity contribution in [3.05, 3.63) is 53.6 Å². The number of hydrogen-bond acceptors (Lipinski definition) is 5. The molecule has 1 saturated heterocycles. The van der Waals surface area contributed by atoms with Crippen molar-refractivity contribution in [3.63, 3.8) is 0 Å². The molecule has 1 heterocycles. The Labute approximate surface area is 196 Å². The van der Waals surface area contributed by atoms with E-state index in [0.29, 0.717) is 30.9 Å². The summed E-state index contributed by atoms with van der Waals surface area (Å²) < 4.78 is 52.5. The zero-order valence-corrected chi connectivity index (χ0v) is 20.9. The van der Waals surface area contributed by atoms with E-state index in [1.54, 1.807) is 18.2 Å². The summed E-state index contributed by atoms with van der Waals surface area (Å²) in [6, 6.07) is 11.6. The second-order valence-corrected chi connectivity index (χ2v) is 12.2. The Morgan fingerprint density at radius 1 is 0.970 bits per heavy atom. The third-order valence-corrected chi connectivity index (χ3v) is 8.89. The highest BCUT2D eigenvalue weighted by atomic mass is 32.2. The van der Waals surface area contributed by atoms with E-state index in [-0.39, 0.29) is 23.8 Å². The van der Waals surface area contributed by atoms with Gasteiger partial charge < -0.3 is 5.32 Å². The number of hydrogen-bond donors (Lipinski definition) is 1. The molecule has 0 radical (unpaired) electrons. The fraction of sp³-hybridized carbons (Fsp3) is 0.435. The Balaban J connectivity index is 1.57. The first-order valence-corrected chi connectivity index (χ1v) is 14.2. The van der Waals surface area contributed by atoms with Crippen molar-refractivity contribution in [2.75, 3.05) is 35.5 Å². The van der Waals surface area contributed by atoms with Crippen LogP contribution in [0.1, 0.15) is 36.8 Å². The van der Waals surface area contributed by atoms with Crippen LogP contribution in [0.4, 0.5) is 11.4 Å². The third-order valence-electron chi connectivity index (χ3n) is 5.78. The van der Waals surface area contributed by atoms with Crippen LogP contribution in [0.3, 0.4) is 0 Å². The van der Waals surface area contributed by atoms with Gasteiger partial charge in [-0.15, -0.1) is 0 Å². The van der Waals surface area contributed by atoms with Crippen molar-refractivity contribution < 1.29 is 21.6 Å². The van der Waals surface area contributed by atoms with Gasteiger partial charge in [0.2, 0.25) is 26.0 Å². The van der Waals surface area contributed by atoms with Gasteiger partial charge in [0.1, 0.15) is 0 Å². The first kappa shape index (κ1) is 25.2. The maximum atomic E-state index is 12.6. The second-order valence-electron chi connectivity index (χ2n) is 8.39. The number of benzene rings is 2. The molecule has 0 bridgehead atoms. The fourth-order valence-corrected chi connectivity index (χ4v) is 6.24. The number of carbonyl (C=O) groups excluding carboxylic acids is 1. The molecule has 0 saturated carbocycles. The number of anilines is 2. The van der Waals surface area contributed by atoms with Gasteiger partial charge in [0, 0.05) is 31.7 Å². The Hall–Kier alpha value is -2.43. The summed E-state index contributed by atoms with van der Waals surface area (Å²) in [6.45, 7) is 5.14. The van der Waals surface area contributed by atoms with E-state index in [2.05, 4.69) is 5.32 Å². The van der Waals surface area contributed by atoms with E-state index in [0.717, 1.165) is 30.2 Å². The number of carbonyl (C=O) groups is 1. The molecule has 2 aromatic rings. The van der Waals surface area contributed by atoms with Crippen LogP contribution in [0.25, 0.3) is 0 Å². The van der Waals surface area contributed by atoms with Gasteiger partial charge in [0.05, 0.1) is 16.8 Å².